The number of aromatic nitrogens is 2. The fraction of sp³-hybridized carbons (Fsp3) is 0.312. The fourth-order valence-electron chi connectivity index (χ4n) is 2.65. The van der Waals surface area contributed by atoms with Crippen LogP contribution in [0.1, 0.15) is 35.7 Å². The quantitative estimate of drug-likeness (QED) is 0.704. The molecule has 0 bridgehead atoms. The lowest BCUT2D eigenvalue weighted by molar-refractivity contribution is -0.125. The van der Waals surface area contributed by atoms with Crippen LogP contribution in [0.4, 0.5) is 5.82 Å². The number of benzene rings is 1. The van der Waals surface area contributed by atoms with Crippen LogP contribution in [-0.4, -0.2) is 27.6 Å². The van der Waals surface area contributed by atoms with Crippen LogP contribution in [0.5, 0.6) is 0 Å². The molecule has 1 aliphatic heterocycles. The van der Waals surface area contributed by atoms with Crippen molar-refractivity contribution in [1.29, 1.82) is 0 Å². The molecule has 2 atom stereocenters. The van der Waals surface area contributed by atoms with Gasteiger partial charge in [0.1, 0.15) is 5.82 Å². The van der Waals surface area contributed by atoms with Crippen LogP contribution in [0.3, 0.4) is 0 Å². The molecule has 1 fully saturated rings. The average molecular weight is 427 g/mol. The standard InChI is InChI=1S/C16H17BrClN5O2/c1-8-6-14(24)21-16(19-8)23-13(5-9(2)22-23)20-15(25)11-7-10(17)3-4-12(11)18/h3-5,7-8,16,19H,6H2,1-2H3,(H,20,25)(H,21,24). The smallest absolute Gasteiger partial charge is 0.258 e. The Morgan fingerprint density at radius 2 is 2.20 bits per heavy atom. The zero-order valence-corrected chi connectivity index (χ0v) is 16.0. The van der Waals surface area contributed by atoms with E-state index in [1.165, 1.54) is 0 Å². The second kappa shape index (κ2) is 7.15. The van der Waals surface area contributed by atoms with Crippen LogP contribution < -0.4 is 16.0 Å². The number of amides is 2. The molecule has 25 heavy (non-hydrogen) atoms. The Kier molecular flexibility index (Phi) is 5.12. The number of aryl methyl sites for hydroxylation is 1. The maximum atomic E-state index is 12.6. The molecule has 1 saturated heterocycles. The van der Waals surface area contributed by atoms with Crippen LogP contribution in [0.15, 0.2) is 28.7 Å². The third-order valence-electron chi connectivity index (χ3n) is 3.75. The minimum atomic E-state index is -0.529. The number of halogens is 2. The van der Waals surface area contributed by atoms with Gasteiger partial charge in [-0.25, -0.2) is 4.68 Å². The number of nitrogens with zero attached hydrogens (tertiary/aromatic N) is 2. The van der Waals surface area contributed by atoms with Crippen molar-refractivity contribution in [2.75, 3.05) is 5.32 Å². The first kappa shape index (κ1) is 17.9. The van der Waals surface area contributed by atoms with Gasteiger partial charge in [-0.2, -0.15) is 5.10 Å². The van der Waals surface area contributed by atoms with Crippen molar-refractivity contribution in [2.24, 2.45) is 0 Å². The van der Waals surface area contributed by atoms with Crippen LogP contribution >= 0.6 is 27.5 Å². The first-order chi connectivity index (χ1) is 11.8. The van der Waals surface area contributed by atoms with Crippen molar-refractivity contribution in [1.82, 2.24) is 20.4 Å². The van der Waals surface area contributed by atoms with Gasteiger partial charge in [-0.05, 0) is 32.0 Å². The van der Waals surface area contributed by atoms with Crippen LogP contribution in [0.2, 0.25) is 5.02 Å². The summed E-state index contributed by atoms with van der Waals surface area (Å²) in [5, 5.41) is 13.6. The maximum absolute atomic E-state index is 12.6. The summed E-state index contributed by atoms with van der Waals surface area (Å²) < 4.78 is 2.30. The highest BCUT2D eigenvalue weighted by molar-refractivity contribution is 9.10. The molecule has 0 spiro atoms. The third-order valence-corrected chi connectivity index (χ3v) is 4.57. The Balaban J connectivity index is 1.87. The normalized spacial score (nSPS) is 20.2. The Hall–Kier alpha value is -1.90. The molecule has 1 aromatic carbocycles. The van der Waals surface area contributed by atoms with Gasteiger partial charge in [0.25, 0.3) is 5.91 Å². The van der Waals surface area contributed by atoms with Gasteiger partial charge >= 0.3 is 0 Å². The average Bonchev–Trinajstić information content (AvgIpc) is 2.89. The lowest BCUT2D eigenvalue weighted by Gasteiger charge is -2.30. The summed E-state index contributed by atoms with van der Waals surface area (Å²) in [6, 6.07) is 6.79. The summed E-state index contributed by atoms with van der Waals surface area (Å²) in [5.74, 6) is 0.0322. The molecule has 132 valence electrons. The summed E-state index contributed by atoms with van der Waals surface area (Å²) in [6.07, 6.45) is -0.134. The molecule has 1 aliphatic rings. The SMILES string of the molecule is Cc1cc(NC(=O)c2cc(Br)ccc2Cl)n(C2NC(=O)CC(C)N2)n1. The molecular formula is C16H17BrClN5O2. The predicted octanol–water partition coefficient (Wildman–Crippen LogP) is 2.81. The van der Waals surface area contributed by atoms with E-state index in [0.717, 1.165) is 4.47 Å². The zero-order valence-electron chi connectivity index (χ0n) is 13.6. The summed E-state index contributed by atoms with van der Waals surface area (Å²) in [6.45, 7) is 3.73. The monoisotopic (exact) mass is 425 g/mol. The maximum Gasteiger partial charge on any atom is 0.258 e. The van der Waals surface area contributed by atoms with Crippen molar-refractivity contribution in [3.63, 3.8) is 0 Å². The Morgan fingerprint density at radius 3 is 2.92 bits per heavy atom. The van der Waals surface area contributed by atoms with Gasteiger partial charge in [0, 0.05) is 23.0 Å². The van der Waals surface area contributed by atoms with E-state index in [0.29, 0.717) is 28.5 Å². The number of anilines is 1. The van der Waals surface area contributed by atoms with Crippen LogP contribution in [-0.2, 0) is 4.79 Å². The number of carbonyl (C=O) groups excluding carboxylic acids is 2. The Morgan fingerprint density at radius 1 is 1.44 bits per heavy atom. The highest BCUT2D eigenvalue weighted by Crippen LogP contribution is 2.23. The van der Waals surface area contributed by atoms with Gasteiger partial charge in [0.15, 0.2) is 6.29 Å². The molecular weight excluding hydrogens is 410 g/mol. The molecule has 2 unspecified atom stereocenters. The van der Waals surface area contributed by atoms with Crippen molar-refractivity contribution in [2.45, 2.75) is 32.6 Å². The summed E-state index contributed by atoms with van der Waals surface area (Å²) >= 11 is 9.45. The first-order valence-corrected chi connectivity index (χ1v) is 8.88. The Bertz CT molecular complexity index is 838. The molecule has 3 rings (SSSR count). The van der Waals surface area contributed by atoms with E-state index >= 15 is 0 Å². The van der Waals surface area contributed by atoms with E-state index in [1.807, 2.05) is 13.8 Å². The molecule has 7 nitrogen and oxygen atoms in total. The molecule has 9 heteroatoms. The highest BCUT2D eigenvalue weighted by Gasteiger charge is 2.27. The first-order valence-electron chi connectivity index (χ1n) is 7.71. The minimum Gasteiger partial charge on any atom is -0.322 e. The lowest BCUT2D eigenvalue weighted by Crippen LogP contribution is -2.52. The second-order valence-electron chi connectivity index (χ2n) is 5.94. The van der Waals surface area contributed by atoms with E-state index in [1.54, 1.807) is 28.9 Å². The van der Waals surface area contributed by atoms with Crippen LogP contribution in [0, 0.1) is 6.92 Å². The molecule has 0 aliphatic carbocycles. The number of nitrogens with one attached hydrogen (secondary N) is 3. The van der Waals surface area contributed by atoms with Gasteiger partial charge < -0.3 is 10.6 Å². The van der Waals surface area contributed by atoms with E-state index < -0.39 is 6.29 Å². The van der Waals surface area contributed by atoms with Crippen molar-refractivity contribution in [3.05, 3.63) is 45.0 Å². The van der Waals surface area contributed by atoms with E-state index in [9.17, 15) is 9.59 Å². The predicted molar refractivity (Wildman–Crippen MR) is 98.5 cm³/mol. The van der Waals surface area contributed by atoms with Crippen molar-refractivity contribution >= 4 is 45.2 Å². The summed E-state index contributed by atoms with van der Waals surface area (Å²) in [5.41, 5.74) is 1.06. The van der Waals surface area contributed by atoms with Crippen molar-refractivity contribution < 1.29 is 9.59 Å². The number of hydrogen-bond acceptors (Lipinski definition) is 4. The lowest BCUT2D eigenvalue weighted by atomic mass is 10.2. The fourth-order valence-corrected chi connectivity index (χ4v) is 3.22. The highest BCUT2D eigenvalue weighted by atomic mass is 79.9. The second-order valence-corrected chi connectivity index (χ2v) is 7.26. The molecule has 0 saturated carbocycles. The number of rotatable bonds is 3. The minimum absolute atomic E-state index is 0.00586. The van der Waals surface area contributed by atoms with Gasteiger partial charge in [0.05, 0.1) is 16.3 Å². The molecule has 1 aromatic heterocycles. The van der Waals surface area contributed by atoms with E-state index in [-0.39, 0.29) is 17.9 Å². The molecule has 0 radical (unpaired) electrons. The van der Waals surface area contributed by atoms with Gasteiger partial charge in [-0.3, -0.25) is 14.9 Å². The number of carbonyl (C=O) groups is 2. The molecule has 3 N–H and O–H groups in total. The summed E-state index contributed by atoms with van der Waals surface area (Å²) in [7, 11) is 0. The van der Waals surface area contributed by atoms with Crippen molar-refractivity contribution in [3.8, 4) is 0 Å². The number of hydrogen-bond donors (Lipinski definition) is 3. The summed E-state index contributed by atoms with van der Waals surface area (Å²) in [4.78, 5) is 24.4. The van der Waals surface area contributed by atoms with Gasteiger partial charge in [-0.15, -0.1) is 0 Å². The van der Waals surface area contributed by atoms with E-state index in [4.69, 9.17) is 11.6 Å². The zero-order chi connectivity index (χ0) is 18.1. The molecule has 2 amide bonds. The van der Waals surface area contributed by atoms with Gasteiger partial charge in [-0.1, -0.05) is 27.5 Å². The van der Waals surface area contributed by atoms with Crippen LogP contribution in [0.25, 0.3) is 0 Å². The molecule has 2 aromatic rings. The van der Waals surface area contributed by atoms with Gasteiger partial charge in [0.2, 0.25) is 5.91 Å². The Labute approximate surface area is 158 Å². The largest absolute Gasteiger partial charge is 0.322 e. The van der Waals surface area contributed by atoms with E-state index in [2.05, 4.69) is 37.0 Å². The third kappa shape index (κ3) is 4.02. The molecule has 2 heterocycles. The topological polar surface area (TPSA) is 88.0 Å².